The van der Waals surface area contributed by atoms with Crippen molar-refractivity contribution in [3.05, 3.63) is 28.5 Å². The Hall–Kier alpha value is -1.67. The van der Waals surface area contributed by atoms with E-state index in [1.807, 2.05) is 12.4 Å². The first-order chi connectivity index (χ1) is 10.7. The number of aromatic nitrogens is 3. The number of anilines is 1. The van der Waals surface area contributed by atoms with Gasteiger partial charge < -0.3 is 11.1 Å². The topological polar surface area (TPSA) is 93.8 Å². The summed E-state index contributed by atoms with van der Waals surface area (Å²) in [6, 6.07) is 0. The summed E-state index contributed by atoms with van der Waals surface area (Å²) < 4.78 is 0. The minimum absolute atomic E-state index is 0.0122. The van der Waals surface area contributed by atoms with Gasteiger partial charge in [0.05, 0.1) is 12.2 Å². The minimum atomic E-state index is -0.0717. The Morgan fingerprint density at radius 2 is 2.23 bits per heavy atom. The van der Waals surface area contributed by atoms with E-state index in [2.05, 4.69) is 27.2 Å². The Balaban J connectivity index is 1.90. The largest absolute Gasteiger partial charge is 0.375 e. The van der Waals surface area contributed by atoms with Gasteiger partial charge in [0.1, 0.15) is 0 Å². The number of carbonyl (C=O) groups excluding carboxylic acids is 1. The van der Waals surface area contributed by atoms with Gasteiger partial charge >= 0.3 is 0 Å². The number of hydrogen-bond donors (Lipinski definition) is 2. The Bertz CT molecular complexity index is 670. The number of nitrogens with zero attached hydrogens (tertiary/aromatic N) is 3. The number of carbonyl (C=O) groups is 1. The molecule has 3 rings (SSSR count). The zero-order valence-electron chi connectivity index (χ0n) is 12.2. The number of thioether (sulfide) groups is 1. The van der Waals surface area contributed by atoms with Crippen LogP contribution < -0.4 is 11.1 Å². The van der Waals surface area contributed by atoms with Crippen molar-refractivity contribution in [2.75, 3.05) is 11.5 Å². The highest BCUT2D eigenvalue weighted by Crippen LogP contribution is 2.37. The van der Waals surface area contributed by atoms with Crippen molar-refractivity contribution in [1.82, 2.24) is 20.3 Å². The fourth-order valence-electron chi connectivity index (χ4n) is 2.36. The summed E-state index contributed by atoms with van der Waals surface area (Å²) in [6.07, 6.45) is 5.09. The molecule has 2 aromatic rings. The normalized spacial score (nSPS) is 17.7. The second kappa shape index (κ2) is 6.62. The molecule has 0 fully saturated rings. The molecule has 3 heterocycles. The summed E-state index contributed by atoms with van der Waals surface area (Å²) in [7, 11) is 0. The van der Waals surface area contributed by atoms with E-state index in [0.717, 1.165) is 33.5 Å². The molecule has 116 valence electrons. The molecule has 0 spiro atoms. The maximum absolute atomic E-state index is 11.9. The molecule has 3 N–H and O–H groups in total. The Labute approximate surface area is 137 Å². The van der Waals surface area contributed by atoms with Crippen molar-refractivity contribution in [3.8, 4) is 0 Å². The third kappa shape index (κ3) is 3.22. The van der Waals surface area contributed by atoms with E-state index >= 15 is 0 Å². The highest BCUT2D eigenvalue weighted by Gasteiger charge is 2.28. The number of nitrogen functional groups attached to an aromatic ring is 1. The Morgan fingerprint density at radius 3 is 2.95 bits per heavy atom. The van der Waals surface area contributed by atoms with E-state index in [1.54, 1.807) is 11.8 Å². The number of hydrogen-bond acceptors (Lipinski definition) is 7. The summed E-state index contributed by atoms with van der Waals surface area (Å²) in [5.74, 6) is 0.941. The van der Waals surface area contributed by atoms with Crippen LogP contribution in [0.2, 0.25) is 0 Å². The van der Waals surface area contributed by atoms with Crippen LogP contribution in [0.3, 0.4) is 0 Å². The lowest BCUT2D eigenvalue weighted by molar-refractivity contribution is -0.121. The van der Waals surface area contributed by atoms with Crippen LogP contribution >= 0.6 is 23.1 Å². The average Bonchev–Trinajstić information content (AvgIpc) is 2.83. The van der Waals surface area contributed by atoms with Crippen molar-refractivity contribution >= 4 is 34.1 Å². The van der Waals surface area contributed by atoms with Crippen molar-refractivity contribution < 1.29 is 4.79 Å². The number of thiazole rings is 1. The van der Waals surface area contributed by atoms with Gasteiger partial charge in [-0.05, 0) is 12.0 Å². The van der Waals surface area contributed by atoms with Gasteiger partial charge in [0, 0.05) is 35.4 Å². The number of amides is 1. The van der Waals surface area contributed by atoms with E-state index in [4.69, 9.17) is 5.73 Å². The molecule has 2 aromatic heterocycles. The van der Waals surface area contributed by atoms with Crippen LogP contribution in [0.15, 0.2) is 17.6 Å². The molecule has 0 saturated heterocycles. The maximum atomic E-state index is 11.9. The molecule has 0 aromatic carbocycles. The van der Waals surface area contributed by atoms with Crippen LogP contribution in [0.4, 0.5) is 5.13 Å². The van der Waals surface area contributed by atoms with E-state index < -0.39 is 0 Å². The Morgan fingerprint density at radius 1 is 1.45 bits per heavy atom. The van der Waals surface area contributed by atoms with Gasteiger partial charge in [-0.1, -0.05) is 18.7 Å². The molecular weight excluding hydrogens is 318 g/mol. The molecule has 6 nitrogen and oxygen atoms in total. The van der Waals surface area contributed by atoms with Gasteiger partial charge in [0.2, 0.25) is 5.91 Å². The number of fused-ring (bicyclic) bond motifs is 1. The Kier molecular flexibility index (Phi) is 4.58. The molecule has 22 heavy (non-hydrogen) atoms. The summed E-state index contributed by atoms with van der Waals surface area (Å²) in [5, 5.41) is 4.16. The highest BCUT2D eigenvalue weighted by atomic mass is 32.2. The highest BCUT2D eigenvalue weighted by molar-refractivity contribution is 7.99. The van der Waals surface area contributed by atoms with Crippen molar-refractivity contribution in [1.29, 1.82) is 0 Å². The summed E-state index contributed by atoms with van der Waals surface area (Å²) in [6.45, 7) is 2.56. The van der Waals surface area contributed by atoms with Crippen LogP contribution in [0.25, 0.3) is 0 Å². The predicted molar refractivity (Wildman–Crippen MR) is 87.9 cm³/mol. The molecule has 0 saturated carbocycles. The minimum Gasteiger partial charge on any atom is -0.375 e. The van der Waals surface area contributed by atoms with Crippen LogP contribution in [0, 0.1) is 0 Å². The van der Waals surface area contributed by atoms with E-state index in [1.165, 1.54) is 11.3 Å². The predicted octanol–water partition coefficient (Wildman–Crippen LogP) is 2.17. The summed E-state index contributed by atoms with van der Waals surface area (Å²) in [4.78, 5) is 26.1. The molecule has 0 unspecified atom stereocenters. The third-order valence-corrected chi connectivity index (χ3v) is 5.51. The lowest BCUT2D eigenvalue weighted by Gasteiger charge is -2.12. The first kappa shape index (κ1) is 15.2. The van der Waals surface area contributed by atoms with Crippen LogP contribution in [-0.4, -0.2) is 26.6 Å². The second-order valence-corrected chi connectivity index (χ2v) is 7.17. The SMILES string of the molecule is CCCSc1ncc([C@@H]2CC(=O)NCc3nc(N)sc32)cn1. The van der Waals surface area contributed by atoms with E-state index in [-0.39, 0.29) is 11.8 Å². The van der Waals surface area contributed by atoms with Crippen molar-refractivity contribution in [2.24, 2.45) is 0 Å². The van der Waals surface area contributed by atoms with Gasteiger partial charge in [0.25, 0.3) is 0 Å². The smallest absolute Gasteiger partial charge is 0.221 e. The second-order valence-electron chi connectivity index (χ2n) is 5.04. The summed E-state index contributed by atoms with van der Waals surface area (Å²) in [5.41, 5.74) is 7.61. The summed E-state index contributed by atoms with van der Waals surface area (Å²) >= 11 is 3.08. The lowest BCUT2D eigenvalue weighted by atomic mass is 9.96. The van der Waals surface area contributed by atoms with Crippen molar-refractivity contribution in [3.63, 3.8) is 0 Å². The van der Waals surface area contributed by atoms with Crippen LogP contribution in [0.1, 0.15) is 41.8 Å². The van der Waals surface area contributed by atoms with E-state index in [9.17, 15) is 4.79 Å². The van der Waals surface area contributed by atoms with Gasteiger partial charge in [-0.2, -0.15) is 0 Å². The molecule has 0 aliphatic carbocycles. The fourth-order valence-corrected chi connectivity index (χ4v) is 3.98. The van der Waals surface area contributed by atoms with Gasteiger partial charge in [-0.3, -0.25) is 4.79 Å². The number of rotatable bonds is 4. The molecule has 1 aliphatic heterocycles. The zero-order valence-corrected chi connectivity index (χ0v) is 13.8. The van der Waals surface area contributed by atoms with Gasteiger partial charge in [-0.25, -0.2) is 15.0 Å². The first-order valence-electron chi connectivity index (χ1n) is 7.14. The van der Waals surface area contributed by atoms with Gasteiger partial charge in [0.15, 0.2) is 10.3 Å². The van der Waals surface area contributed by atoms with Crippen LogP contribution in [-0.2, 0) is 11.3 Å². The molecule has 1 aliphatic rings. The van der Waals surface area contributed by atoms with Gasteiger partial charge in [-0.15, -0.1) is 11.3 Å². The van der Waals surface area contributed by atoms with E-state index in [0.29, 0.717) is 18.1 Å². The molecular formula is C14H17N5OS2. The number of nitrogens with one attached hydrogen (secondary N) is 1. The average molecular weight is 335 g/mol. The molecule has 1 atom stereocenters. The number of nitrogens with two attached hydrogens (primary N) is 1. The van der Waals surface area contributed by atoms with Crippen LogP contribution in [0.5, 0.6) is 0 Å². The monoisotopic (exact) mass is 335 g/mol. The zero-order chi connectivity index (χ0) is 15.5. The molecule has 0 bridgehead atoms. The third-order valence-electron chi connectivity index (χ3n) is 3.39. The van der Waals surface area contributed by atoms with Crippen molar-refractivity contribution in [2.45, 2.75) is 37.4 Å². The quantitative estimate of drug-likeness (QED) is 0.657. The molecule has 0 radical (unpaired) electrons. The molecule has 1 amide bonds. The lowest BCUT2D eigenvalue weighted by Crippen LogP contribution is -2.21. The standard InChI is InChI=1S/C14H17N5OS2/c1-2-3-21-14-17-5-8(6-18-14)9-4-11(20)16-7-10-12(9)22-13(15)19-10/h5-6,9H,2-4,7H2,1H3,(H2,15,19)(H,16,20)/t9-/m0/s1. The fraction of sp³-hybridized carbons (Fsp3) is 0.429. The maximum Gasteiger partial charge on any atom is 0.221 e. The molecule has 8 heteroatoms. The first-order valence-corrected chi connectivity index (χ1v) is 8.94.